The van der Waals surface area contributed by atoms with Crippen LogP contribution >= 0.6 is 7.82 Å². The Morgan fingerprint density at radius 3 is 2.41 bits per heavy atom. The lowest BCUT2D eigenvalue weighted by Gasteiger charge is -2.17. The number of anilines is 1. The highest BCUT2D eigenvalue weighted by Crippen LogP contribution is 2.38. The standard InChI is InChI=1S/C8H14N3O7P.C8H10/c9-5-1-10-3-11(5)8-7(13)6(12)4(18-8)2-17-19(14,15)16;1-2-8-6-4-3-5-7-8/h1,3-4,6-8,12-13H,2,9H2,(H2,14,15,16);3-7H,2H2,1H3/t4-,6-,7-,8-;/m1./s1. The van der Waals surface area contributed by atoms with E-state index in [1.165, 1.54) is 22.7 Å². The fraction of sp³-hybridized carbons (Fsp3) is 0.438. The quantitative estimate of drug-likeness (QED) is 0.448. The van der Waals surface area contributed by atoms with Crippen molar-refractivity contribution in [3.8, 4) is 0 Å². The molecule has 0 radical (unpaired) electrons. The third kappa shape index (κ3) is 6.12. The zero-order chi connectivity index (χ0) is 20.0. The molecule has 0 unspecified atom stereocenters. The molecule has 0 amide bonds. The first-order valence-corrected chi connectivity index (χ1v) is 9.79. The summed E-state index contributed by atoms with van der Waals surface area (Å²) in [7, 11) is -4.67. The smallest absolute Gasteiger partial charge is 0.387 e. The second-order valence-electron chi connectivity index (χ2n) is 5.90. The number of benzene rings is 1. The highest BCUT2D eigenvalue weighted by Gasteiger charge is 2.44. The van der Waals surface area contributed by atoms with Crippen molar-refractivity contribution < 1.29 is 33.8 Å². The van der Waals surface area contributed by atoms with Crippen LogP contribution in [0.25, 0.3) is 0 Å². The number of hydrogen-bond donors (Lipinski definition) is 5. The van der Waals surface area contributed by atoms with Gasteiger partial charge in [-0.05, 0) is 12.0 Å². The van der Waals surface area contributed by atoms with E-state index in [0.29, 0.717) is 0 Å². The molecule has 4 atom stereocenters. The Morgan fingerprint density at radius 1 is 1.26 bits per heavy atom. The van der Waals surface area contributed by atoms with Crippen molar-refractivity contribution in [1.29, 1.82) is 0 Å². The molecule has 0 bridgehead atoms. The van der Waals surface area contributed by atoms with Crippen molar-refractivity contribution in [3.05, 3.63) is 48.4 Å². The number of imidazole rings is 1. The van der Waals surface area contributed by atoms with E-state index < -0.39 is 39.0 Å². The van der Waals surface area contributed by atoms with Gasteiger partial charge in [-0.25, -0.2) is 9.55 Å². The van der Waals surface area contributed by atoms with Gasteiger partial charge in [0.2, 0.25) is 0 Å². The first-order valence-electron chi connectivity index (χ1n) is 8.25. The van der Waals surface area contributed by atoms with Gasteiger partial charge in [0.05, 0.1) is 19.1 Å². The van der Waals surface area contributed by atoms with E-state index in [2.05, 4.69) is 40.7 Å². The first-order chi connectivity index (χ1) is 12.7. The molecule has 1 aromatic carbocycles. The molecular weight excluding hydrogens is 377 g/mol. The predicted octanol–water partition coefficient (Wildman–Crippen LogP) is 0.443. The number of nitrogen functional groups attached to an aromatic ring is 1. The lowest BCUT2D eigenvalue weighted by atomic mass is 10.1. The van der Waals surface area contributed by atoms with Gasteiger partial charge in [-0.2, -0.15) is 0 Å². The molecule has 1 fully saturated rings. The van der Waals surface area contributed by atoms with E-state index in [1.807, 2.05) is 6.07 Å². The monoisotopic (exact) mass is 401 g/mol. The van der Waals surface area contributed by atoms with Crippen molar-refractivity contribution in [2.24, 2.45) is 0 Å². The van der Waals surface area contributed by atoms with Crippen molar-refractivity contribution in [2.45, 2.75) is 37.9 Å². The predicted molar refractivity (Wildman–Crippen MR) is 96.4 cm³/mol. The summed E-state index contributed by atoms with van der Waals surface area (Å²) in [5.41, 5.74) is 7.00. The van der Waals surface area contributed by atoms with Gasteiger partial charge in [0.1, 0.15) is 24.1 Å². The summed E-state index contributed by atoms with van der Waals surface area (Å²) < 4.78 is 21.4. The summed E-state index contributed by atoms with van der Waals surface area (Å²) in [6.07, 6.45) is -0.984. The number of phosphoric ester groups is 1. The Bertz CT molecular complexity index is 751. The number of phosphoric acid groups is 1. The van der Waals surface area contributed by atoms with E-state index in [0.717, 1.165) is 6.42 Å². The number of aromatic nitrogens is 2. The molecule has 10 nitrogen and oxygen atoms in total. The van der Waals surface area contributed by atoms with E-state index in [1.54, 1.807) is 0 Å². The number of nitrogens with two attached hydrogens (primary N) is 1. The minimum atomic E-state index is -4.67. The van der Waals surface area contributed by atoms with Gasteiger partial charge >= 0.3 is 7.82 Å². The van der Waals surface area contributed by atoms with Crippen LogP contribution in [0, 0.1) is 0 Å². The summed E-state index contributed by atoms with van der Waals surface area (Å²) >= 11 is 0. The van der Waals surface area contributed by atoms with E-state index in [-0.39, 0.29) is 5.82 Å². The van der Waals surface area contributed by atoms with Gasteiger partial charge in [0.15, 0.2) is 6.23 Å². The van der Waals surface area contributed by atoms with Crippen molar-refractivity contribution in [2.75, 3.05) is 12.3 Å². The maximum absolute atomic E-state index is 10.6. The number of rotatable bonds is 5. The molecule has 0 aliphatic carbocycles. The normalized spacial score (nSPS) is 25.1. The van der Waals surface area contributed by atoms with Crippen LogP contribution < -0.4 is 5.73 Å². The molecule has 1 saturated heterocycles. The molecule has 1 aromatic heterocycles. The topological polar surface area (TPSA) is 160 Å². The molecule has 1 aliphatic heterocycles. The van der Waals surface area contributed by atoms with E-state index in [9.17, 15) is 14.8 Å². The highest BCUT2D eigenvalue weighted by molar-refractivity contribution is 7.46. The number of nitrogens with zero attached hydrogens (tertiary/aromatic N) is 2. The number of aliphatic hydroxyl groups excluding tert-OH is 2. The van der Waals surface area contributed by atoms with E-state index >= 15 is 0 Å². The third-order valence-electron chi connectivity index (χ3n) is 3.97. The second-order valence-corrected chi connectivity index (χ2v) is 7.14. The number of aryl methyl sites for hydroxylation is 1. The van der Waals surface area contributed by atoms with Crippen LogP contribution in [0.5, 0.6) is 0 Å². The maximum atomic E-state index is 10.6. The SMILES string of the molecule is CCc1ccccc1.Nc1cncn1[C@@H]1O[C@H](COP(=O)(O)O)[C@@H](O)[C@H]1O. The molecule has 27 heavy (non-hydrogen) atoms. The zero-order valence-electron chi connectivity index (χ0n) is 14.7. The average molecular weight is 401 g/mol. The summed E-state index contributed by atoms with van der Waals surface area (Å²) in [5, 5.41) is 19.6. The van der Waals surface area contributed by atoms with Gasteiger partial charge in [0.25, 0.3) is 0 Å². The Labute approximate surface area is 156 Å². The molecule has 0 spiro atoms. The largest absolute Gasteiger partial charge is 0.469 e. The van der Waals surface area contributed by atoms with Gasteiger partial charge in [-0.3, -0.25) is 9.09 Å². The number of ether oxygens (including phenoxy) is 1. The molecular formula is C16H24N3O7P. The van der Waals surface area contributed by atoms with Crippen LogP contribution in [0.15, 0.2) is 42.9 Å². The highest BCUT2D eigenvalue weighted by atomic mass is 31.2. The number of aliphatic hydroxyl groups is 2. The van der Waals surface area contributed by atoms with Gasteiger partial charge in [-0.1, -0.05) is 37.3 Å². The molecule has 2 heterocycles. The van der Waals surface area contributed by atoms with E-state index in [4.69, 9.17) is 20.3 Å². The average Bonchev–Trinajstić information content (AvgIpc) is 3.18. The van der Waals surface area contributed by atoms with Crippen LogP contribution in [0.1, 0.15) is 18.7 Å². The Morgan fingerprint density at radius 2 is 1.93 bits per heavy atom. The molecule has 6 N–H and O–H groups in total. The molecule has 2 aromatic rings. The van der Waals surface area contributed by atoms with Crippen LogP contribution in [0.2, 0.25) is 0 Å². The minimum Gasteiger partial charge on any atom is -0.387 e. The third-order valence-corrected chi connectivity index (χ3v) is 4.45. The van der Waals surface area contributed by atoms with Crippen LogP contribution in [-0.2, 0) is 20.2 Å². The molecule has 150 valence electrons. The van der Waals surface area contributed by atoms with Crippen LogP contribution in [-0.4, -0.2) is 54.5 Å². The molecule has 1 aliphatic rings. The van der Waals surface area contributed by atoms with Crippen molar-refractivity contribution in [3.63, 3.8) is 0 Å². The Balaban J connectivity index is 0.000000273. The minimum absolute atomic E-state index is 0.216. The van der Waals surface area contributed by atoms with Gasteiger partial charge in [-0.15, -0.1) is 0 Å². The van der Waals surface area contributed by atoms with Crippen molar-refractivity contribution >= 4 is 13.6 Å². The van der Waals surface area contributed by atoms with Crippen LogP contribution in [0.4, 0.5) is 5.82 Å². The van der Waals surface area contributed by atoms with Gasteiger partial charge < -0.3 is 30.5 Å². The fourth-order valence-corrected chi connectivity index (χ4v) is 2.85. The fourth-order valence-electron chi connectivity index (χ4n) is 2.51. The van der Waals surface area contributed by atoms with Crippen molar-refractivity contribution in [1.82, 2.24) is 9.55 Å². The summed E-state index contributed by atoms with van der Waals surface area (Å²) in [4.78, 5) is 20.9. The summed E-state index contributed by atoms with van der Waals surface area (Å²) in [5.74, 6) is 0.216. The molecule has 3 rings (SSSR count). The first kappa shape index (κ1) is 21.5. The molecule has 11 heteroatoms. The molecule has 0 saturated carbocycles. The second kappa shape index (κ2) is 9.43. The zero-order valence-corrected chi connectivity index (χ0v) is 15.6. The van der Waals surface area contributed by atoms with Gasteiger partial charge in [0, 0.05) is 0 Å². The Hall–Kier alpha value is -1.78. The maximum Gasteiger partial charge on any atom is 0.469 e. The lowest BCUT2D eigenvalue weighted by Crippen LogP contribution is -2.33. The Kier molecular flexibility index (Phi) is 7.51. The lowest BCUT2D eigenvalue weighted by molar-refractivity contribution is -0.0510. The number of hydrogen-bond acceptors (Lipinski definition) is 7. The van der Waals surface area contributed by atoms with Crippen LogP contribution in [0.3, 0.4) is 0 Å². The summed E-state index contributed by atoms with van der Waals surface area (Å²) in [6.45, 7) is 1.60. The summed E-state index contributed by atoms with van der Waals surface area (Å²) in [6, 6.07) is 10.5.